The second kappa shape index (κ2) is 9.06. The van der Waals surface area contributed by atoms with Gasteiger partial charge in [0.15, 0.2) is 0 Å². The third-order valence-electron chi connectivity index (χ3n) is 6.20. The summed E-state index contributed by atoms with van der Waals surface area (Å²) in [6.45, 7) is 9.53. The SMILES string of the molecule is C=C(C)C(=O)Oc1c2c(c(OC(=O)OC)c3cc(Cl)ccc13)C1C=C(CCC=C(C)C)C2C1. The van der Waals surface area contributed by atoms with E-state index in [0.717, 1.165) is 30.4 Å². The number of methoxy groups -OCH3 is 1. The average Bonchev–Trinajstić information content (AvgIpc) is 3.34. The van der Waals surface area contributed by atoms with Crippen LogP contribution in [0.25, 0.3) is 10.8 Å². The number of fused-ring (bicyclic) bond motifs is 6. The minimum Gasteiger partial charge on any atom is -0.437 e. The molecule has 2 aromatic carbocycles. The number of carbonyl (C=O) groups excluding carboxylic acids is 2. The molecule has 4 rings (SSSR count). The van der Waals surface area contributed by atoms with Gasteiger partial charge >= 0.3 is 12.1 Å². The summed E-state index contributed by atoms with van der Waals surface area (Å²) >= 11 is 6.29. The van der Waals surface area contributed by atoms with E-state index in [0.29, 0.717) is 32.9 Å². The number of hydrogen-bond acceptors (Lipinski definition) is 5. The van der Waals surface area contributed by atoms with Crippen LogP contribution in [0.1, 0.15) is 63.0 Å². The Bertz CT molecular complexity index is 1230. The van der Waals surface area contributed by atoms with E-state index in [1.165, 1.54) is 18.3 Å². The number of rotatable bonds is 6. The highest BCUT2D eigenvalue weighted by molar-refractivity contribution is 6.31. The normalized spacial score (nSPS) is 17.9. The molecule has 2 unspecified atom stereocenters. The van der Waals surface area contributed by atoms with Gasteiger partial charge in [-0.2, -0.15) is 0 Å². The highest BCUT2D eigenvalue weighted by Crippen LogP contribution is 2.61. The van der Waals surface area contributed by atoms with Crippen molar-refractivity contribution < 1.29 is 23.8 Å². The zero-order chi connectivity index (χ0) is 23.9. The summed E-state index contributed by atoms with van der Waals surface area (Å²) in [5.74, 6) is 0.548. The number of hydrogen-bond donors (Lipinski definition) is 0. The van der Waals surface area contributed by atoms with Crippen LogP contribution in [0.4, 0.5) is 4.79 Å². The van der Waals surface area contributed by atoms with Crippen molar-refractivity contribution >= 4 is 34.5 Å². The third kappa shape index (κ3) is 4.30. The van der Waals surface area contributed by atoms with Crippen LogP contribution in [-0.4, -0.2) is 19.2 Å². The van der Waals surface area contributed by atoms with Gasteiger partial charge in [0.2, 0.25) is 0 Å². The smallest absolute Gasteiger partial charge is 0.437 e. The van der Waals surface area contributed by atoms with Gasteiger partial charge in [0, 0.05) is 44.3 Å². The Balaban J connectivity index is 1.92. The fourth-order valence-electron chi connectivity index (χ4n) is 4.81. The number of esters is 1. The molecule has 5 nitrogen and oxygen atoms in total. The second-order valence-corrected chi connectivity index (χ2v) is 9.29. The summed E-state index contributed by atoms with van der Waals surface area (Å²) in [5.41, 5.74) is 4.67. The van der Waals surface area contributed by atoms with Gasteiger partial charge in [0.05, 0.1) is 7.11 Å². The van der Waals surface area contributed by atoms with E-state index in [2.05, 4.69) is 32.6 Å². The molecule has 33 heavy (non-hydrogen) atoms. The van der Waals surface area contributed by atoms with E-state index < -0.39 is 12.1 Å². The molecule has 0 N–H and O–H groups in total. The maximum Gasteiger partial charge on any atom is 0.513 e. The maximum atomic E-state index is 12.6. The molecule has 0 saturated heterocycles. The van der Waals surface area contributed by atoms with E-state index in [9.17, 15) is 9.59 Å². The zero-order valence-corrected chi connectivity index (χ0v) is 20.0. The van der Waals surface area contributed by atoms with Crippen LogP contribution in [0.5, 0.6) is 11.5 Å². The quantitative estimate of drug-likeness (QED) is 0.146. The van der Waals surface area contributed by atoms with E-state index in [1.807, 2.05) is 0 Å². The minimum atomic E-state index is -0.805. The molecule has 0 spiro atoms. The number of allylic oxidation sites excluding steroid dienone is 4. The van der Waals surface area contributed by atoms with Gasteiger partial charge in [-0.25, -0.2) is 9.59 Å². The number of halogens is 1. The second-order valence-electron chi connectivity index (χ2n) is 8.86. The van der Waals surface area contributed by atoms with Crippen LogP contribution in [0, 0.1) is 0 Å². The highest BCUT2D eigenvalue weighted by Gasteiger charge is 2.44. The Morgan fingerprint density at radius 3 is 2.52 bits per heavy atom. The van der Waals surface area contributed by atoms with Gasteiger partial charge in [0.1, 0.15) is 11.5 Å². The fraction of sp³-hybridized carbons (Fsp3) is 0.333. The van der Waals surface area contributed by atoms with E-state index in [-0.39, 0.29) is 11.8 Å². The molecule has 2 aromatic rings. The summed E-state index contributed by atoms with van der Waals surface area (Å²) in [7, 11) is 1.27. The van der Waals surface area contributed by atoms with Gasteiger partial charge in [-0.1, -0.05) is 41.5 Å². The van der Waals surface area contributed by atoms with Crippen LogP contribution < -0.4 is 9.47 Å². The Morgan fingerprint density at radius 1 is 1.12 bits per heavy atom. The molecular formula is C27H27ClO5. The molecule has 0 radical (unpaired) electrons. The van der Waals surface area contributed by atoms with E-state index in [4.69, 9.17) is 25.8 Å². The predicted octanol–water partition coefficient (Wildman–Crippen LogP) is 7.38. The average molecular weight is 467 g/mol. The predicted molar refractivity (Wildman–Crippen MR) is 129 cm³/mol. The van der Waals surface area contributed by atoms with Crippen LogP contribution in [0.3, 0.4) is 0 Å². The molecule has 0 amide bonds. The van der Waals surface area contributed by atoms with Crippen LogP contribution in [-0.2, 0) is 9.53 Å². The van der Waals surface area contributed by atoms with Gasteiger partial charge in [-0.05, 0) is 58.2 Å². The topological polar surface area (TPSA) is 61.8 Å². The lowest BCUT2D eigenvalue weighted by Crippen LogP contribution is -2.15. The Morgan fingerprint density at radius 2 is 1.85 bits per heavy atom. The molecule has 2 aliphatic carbocycles. The molecule has 2 aliphatic rings. The van der Waals surface area contributed by atoms with Crippen LogP contribution in [0.15, 0.2) is 53.6 Å². The molecule has 0 heterocycles. The number of carbonyl (C=O) groups is 2. The maximum absolute atomic E-state index is 12.6. The molecule has 172 valence electrons. The van der Waals surface area contributed by atoms with Crippen molar-refractivity contribution in [2.45, 2.75) is 51.9 Å². The Kier molecular flexibility index (Phi) is 6.35. The van der Waals surface area contributed by atoms with Crippen molar-refractivity contribution in [2.24, 2.45) is 0 Å². The molecule has 2 bridgehead atoms. The van der Waals surface area contributed by atoms with Crippen molar-refractivity contribution in [1.29, 1.82) is 0 Å². The molecule has 0 saturated carbocycles. The zero-order valence-electron chi connectivity index (χ0n) is 19.3. The largest absolute Gasteiger partial charge is 0.513 e. The lowest BCUT2D eigenvalue weighted by atomic mass is 9.85. The first-order chi connectivity index (χ1) is 15.7. The minimum absolute atomic E-state index is 0.0528. The summed E-state index contributed by atoms with van der Waals surface area (Å²) in [6, 6.07) is 5.25. The number of benzene rings is 2. The van der Waals surface area contributed by atoms with Gasteiger partial charge in [-0.15, -0.1) is 0 Å². The molecule has 6 heteroatoms. The highest BCUT2D eigenvalue weighted by atomic mass is 35.5. The first kappa shape index (κ1) is 23.1. The summed E-state index contributed by atoms with van der Waals surface area (Å²) in [4.78, 5) is 24.7. The van der Waals surface area contributed by atoms with Gasteiger partial charge in [-0.3, -0.25) is 0 Å². The lowest BCUT2D eigenvalue weighted by molar-refractivity contribution is -0.130. The molecular weight excluding hydrogens is 440 g/mol. The van der Waals surface area contributed by atoms with Crippen molar-refractivity contribution in [2.75, 3.05) is 7.11 Å². The lowest BCUT2D eigenvalue weighted by Gasteiger charge is -2.24. The molecule has 0 aromatic heterocycles. The van der Waals surface area contributed by atoms with Crippen molar-refractivity contribution in [3.05, 3.63) is 69.8 Å². The Labute approximate surface area is 198 Å². The van der Waals surface area contributed by atoms with E-state index in [1.54, 1.807) is 25.1 Å². The van der Waals surface area contributed by atoms with E-state index >= 15 is 0 Å². The summed E-state index contributed by atoms with van der Waals surface area (Å²) < 4.78 is 16.4. The first-order valence-electron chi connectivity index (χ1n) is 11.0. The van der Waals surface area contributed by atoms with Crippen molar-refractivity contribution in [3.63, 3.8) is 0 Å². The van der Waals surface area contributed by atoms with Crippen molar-refractivity contribution in [3.8, 4) is 11.5 Å². The standard InChI is InChI=1S/C27H27ClO5/c1-14(2)7-6-8-16-11-17-12-20(16)23-22(17)25(33-27(30)31-5)21-13-18(28)9-10-19(21)24(23)32-26(29)15(3)4/h7,9-11,13,17,20H,3,6,8,12H2,1-2,4-5H3. The summed E-state index contributed by atoms with van der Waals surface area (Å²) in [5, 5.41) is 1.74. The van der Waals surface area contributed by atoms with Crippen LogP contribution in [0.2, 0.25) is 5.02 Å². The third-order valence-corrected chi connectivity index (χ3v) is 6.44. The monoisotopic (exact) mass is 466 g/mol. The molecule has 0 aliphatic heterocycles. The first-order valence-corrected chi connectivity index (χ1v) is 11.4. The van der Waals surface area contributed by atoms with Gasteiger partial charge in [0.25, 0.3) is 0 Å². The van der Waals surface area contributed by atoms with Gasteiger partial charge < -0.3 is 14.2 Å². The van der Waals surface area contributed by atoms with Crippen LogP contribution >= 0.6 is 11.6 Å². The Hall–Kier alpha value is -3.05. The van der Waals surface area contributed by atoms with Crippen molar-refractivity contribution in [1.82, 2.24) is 0 Å². The molecule has 0 fully saturated rings. The summed E-state index contributed by atoms with van der Waals surface area (Å²) in [6.07, 6.45) is 6.40. The molecule has 2 atom stereocenters. The number of ether oxygens (including phenoxy) is 3. The fourth-order valence-corrected chi connectivity index (χ4v) is 4.99.